The largest absolute Gasteiger partial charge is 0.481 e. The standard InChI is InChI=1S/C46H76N4O12/c1-6-11-29-58-42(53)23-20-39(45(56)61-32-14-9-4)49-27-25-48(38(19-22-41(51)52)44(55)60-31-13-8-3)26-28-50(35-37-18-16-17-36(34-49)47-37)40(46(57)62-33-15-10-5)21-24-43(54)59-30-12-7-2/h16-18,38-40H,6-15,19-35H2,1-5H3,(H,51,52)/t38?,39-,40?/m0/s1. The number of unbranched alkanes of at least 4 members (excludes halogenated alkanes) is 5. The Morgan fingerprint density at radius 1 is 0.516 bits per heavy atom. The van der Waals surface area contributed by atoms with Gasteiger partial charge in [0.05, 0.1) is 44.4 Å². The van der Waals surface area contributed by atoms with Crippen LogP contribution in [0.25, 0.3) is 0 Å². The third-order valence-corrected chi connectivity index (χ3v) is 10.7. The molecule has 62 heavy (non-hydrogen) atoms. The molecule has 1 aliphatic rings. The summed E-state index contributed by atoms with van der Waals surface area (Å²) in [4.78, 5) is 90.1. The Balaban J connectivity index is 2.70. The molecule has 16 nitrogen and oxygen atoms in total. The second-order valence-corrected chi connectivity index (χ2v) is 15.9. The molecule has 0 spiro atoms. The molecular weight excluding hydrogens is 801 g/mol. The van der Waals surface area contributed by atoms with Gasteiger partial charge in [-0.05, 0) is 63.5 Å². The van der Waals surface area contributed by atoms with E-state index in [2.05, 4.69) is 0 Å². The molecule has 0 radical (unpaired) electrons. The number of rotatable bonds is 30. The lowest BCUT2D eigenvalue weighted by molar-refractivity contribution is -0.155. The molecule has 2 bridgehead atoms. The monoisotopic (exact) mass is 877 g/mol. The van der Waals surface area contributed by atoms with Gasteiger partial charge in [-0.15, -0.1) is 0 Å². The van der Waals surface area contributed by atoms with Crippen molar-refractivity contribution in [3.63, 3.8) is 0 Å². The van der Waals surface area contributed by atoms with Crippen molar-refractivity contribution >= 4 is 35.8 Å². The highest BCUT2D eigenvalue weighted by molar-refractivity contribution is 5.79. The fourth-order valence-corrected chi connectivity index (χ4v) is 6.91. The maximum absolute atomic E-state index is 13.9. The second-order valence-electron chi connectivity index (χ2n) is 15.9. The number of esters is 5. The number of hydrogen-bond acceptors (Lipinski definition) is 15. The number of hydrogen-bond donors (Lipinski definition) is 1. The Bertz CT molecular complexity index is 1400. The first kappa shape index (κ1) is 54.0. The van der Waals surface area contributed by atoms with Crippen LogP contribution in [-0.4, -0.2) is 138 Å². The van der Waals surface area contributed by atoms with E-state index >= 15 is 0 Å². The van der Waals surface area contributed by atoms with E-state index in [0.29, 0.717) is 43.9 Å². The summed E-state index contributed by atoms with van der Waals surface area (Å²) in [6, 6.07) is 2.83. The summed E-state index contributed by atoms with van der Waals surface area (Å²) in [6.07, 6.45) is 7.45. The molecule has 3 atom stereocenters. The average molecular weight is 877 g/mol. The number of carbonyl (C=O) groups excluding carboxylic acids is 5. The quantitative estimate of drug-likeness (QED) is 0.0518. The molecule has 352 valence electrons. The minimum absolute atomic E-state index is 0.0210. The van der Waals surface area contributed by atoms with Gasteiger partial charge in [0.25, 0.3) is 0 Å². The lowest BCUT2D eigenvalue weighted by Crippen LogP contribution is -2.53. The average Bonchev–Trinajstić information content (AvgIpc) is 3.24. The minimum atomic E-state index is -1.07. The Labute approximate surface area is 369 Å². The van der Waals surface area contributed by atoms with E-state index in [1.165, 1.54) is 0 Å². The number of carboxylic acids is 1. The fourth-order valence-electron chi connectivity index (χ4n) is 6.91. The van der Waals surface area contributed by atoms with Crippen LogP contribution >= 0.6 is 0 Å². The SMILES string of the molecule is CCCCOC(=O)CCC(C(=O)OCCCC)N1CCN(C(CCC(=O)O)C(=O)OCCCC)CCN([C@@H](CCC(=O)OCCCC)C(=O)OCCCC)Cc2cccc(n2)C1. The van der Waals surface area contributed by atoms with E-state index in [-0.39, 0.29) is 97.6 Å². The van der Waals surface area contributed by atoms with Gasteiger partial charge in [-0.2, -0.15) is 0 Å². The van der Waals surface area contributed by atoms with Crippen LogP contribution < -0.4 is 0 Å². The summed E-state index contributed by atoms with van der Waals surface area (Å²) in [6.45, 7) is 12.3. The fraction of sp³-hybridized carbons (Fsp3) is 0.761. The van der Waals surface area contributed by atoms with Crippen molar-refractivity contribution in [1.82, 2.24) is 19.7 Å². The summed E-state index contributed by atoms with van der Waals surface area (Å²) in [7, 11) is 0. The van der Waals surface area contributed by atoms with Crippen molar-refractivity contribution < 1.29 is 57.6 Å². The summed E-state index contributed by atoms with van der Waals surface area (Å²) in [5, 5.41) is 9.78. The molecule has 0 aromatic carbocycles. The number of carbonyl (C=O) groups is 6. The highest BCUT2D eigenvalue weighted by Gasteiger charge is 2.35. The van der Waals surface area contributed by atoms with E-state index in [9.17, 15) is 33.9 Å². The first-order valence-electron chi connectivity index (χ1n) is 23.2. The molecule has 1 aromatic rings. The number of nitrogens with zero attached hydrogens (tertiary/aromatic N) is 4. The van der Waals surface area contributed by atoms with Gasteiger partial charge in [0.2, 0.25) is 0 Å². The van der Waals surface area contributed by atoms with E-state index in [1.807, 2.05) is 67.5 Å². The highest BCUT2D eigenvalue weighted by atomic mass is 16.5. The van der Waals surface area contributed by atoms with Crippen LogP contribution in [0, 0.1) is 0 Å². The molecule has 1 aliphatic heterocycles. The zero-order chi connectivity index (χ0) is 45.5. The van der Waals surface area contributed by atoms with E-state index < -0.39 is 53.9 Å². The molecule has 1 N–H and O–H groups in total. The molecule has 0 saturated carbocycles. The van der Waals surface area contributed by atoms with E-state index in [1.54, 1.807) is 0 Å². The van der Waals surface area contributed by atoms with Crippen molar-refractivity contribution in [1.29, 1.82) is 0 Å². The van der Waals surface area contributed by atoms with Crippen LogP contribution in [0.5, 0.6) is 0 Å². The van der Waals surface area contributed by atoms with Crippen LogP contribution in [-0.2, 0) is 65.5 Å². The molecule has 0 saturated heterocycles. The summed E-state index contributed by atoms with van der Waals surface area (Å²) >= 11 is 0. The topological polar surface area (TPSA) is 191 Å². The van der Waals surface area contributed by atoms with Gasteiger partial charge in [-0.1, -0.05) is 72.8 Å². The van der Waals surface area contributed by atoms with Crippen molar-refractivity contribution in [2.45, 2.75) is 169 Å². The maximum Gasteiger partial charge on any atom is 0.323 e. The zero-order valence-electron chi connectivity index (χ0n) is 38.3. The van der Waals surface area contributed by atoms with Crippen LogP contribution in [0.2, 0.25) is 0 Å². The van der Waals surface area contributed by atoms with E-state index in [0.717, 1.165) is 44.9 Å². The van der Waals surface area contributed by atoms with Gasteiger partial charge in [0.15, 0.2) is 0 Å². The summed E-state index contributed by atoms with van der Waals surface area (Å²) < 4.78 is 28.1. The molecule has 0 fully saturated rings. The Kier molecular flexibility index (Phi) is 28.3. The second kappa shape index (κ2) is 32.5. The maximum atomic E-state index is 13.9. The number of aliphatic carboxylic acids is 1. The Hall–Kier alpha value is -4.15. The highest BCUT2D eigenvalue weighted by Crippen LogP contribution is 2.21. The molecule has 2 rings (SSSR count). The zero-order valence-corrected chi connectivity index (χ0v) is 38.3. The number of carboxylic acid groups (broad SMARTS) is 1. The van der Waals surface area contributed by atoms with Gasteiger partial charge in [0, 0.05) is 58.5 Å². The Morgan fingerprint density at radius 2 is 0.839 bits per heavy atom. The van der Waals surface area contributed by atoms with Gasteiger partial charge in [-0.3, -0.25) is 48.5 Å². The van der Waals surface area contributed by atoms with Gasteiger partial charge in [0.1, 0.15) is 18.1 Å². The molecule has 1 aromatic heterocycles. The molecule has 16 heteroatoms. The van der Waals surface area contributed by atoms with Crippen molar-refractivity contribution in [3.05, 3.63) is 29.6 Å². The third kappa shape index (κ3) is 21.8. The number of aromatic nitrogens is 1. The molecule has 2 unspecified atom stereocenters. The first-order valence-corrected chi connectivity index (χ1v) is 23.2. The summed E-state index contributed by atoms with van der Waals surface area (Å²) in [5.41, 5.74) is 1.24. The molecule has 0 aliphatic carbocycles. The molecule has 2 heterocycles. The molecular formula is C46H76N4O12. The lowest BCUT2D eigenvalue weighted by atomic mass is 10.1. The lowest BCUT2D eigenvalue weighted by Gasteiger charge is -2.37. The van der Waals surface area contributed by atoms with Crippen LogP contribution in [0.4, 0.5) is 0 Å². The minimum Gasteiger partial charge on any atom is -0.481 e. The van der Waals surface area contributed by atoms with Gasteiger partial charge in [-0.25, -0.2) is 0 Å². The number of fused-ring (bicyclic) bond motifs is 2. The van der Waals surface area contributed by atoms with Crippen LogP contribution in [0.1, 0.15) is 149 Å². The summed E-state index contributed by atoms with van der Waals surface area (Å²) in [5.74, 6) is -3.43. The smallest absolute Gasteiger partial charge is 0.323 e. The van der Waals surface area contributed by atoms with Crippen molar-refractivity contribution in [2.24, 2.45) is 0 Å². The third-order valence-electron chi connectivity index (χ3n) is 10.7. The Morgan fingerprint density at radius 3 is 1.19 bits per heavy atom. The van der Waals surface area contributed by atoms with Crippen LogP contribution in [0.3, 0.4) is 0 Å². The molecule has 0 amide bonds. The number of ether oxygens (including phenoxy) is 5. The predicted molar refractivity (Wildman–Crippen MR) is 233 cm³/mol. The predicted octanol–water partition coefficient (Wildman–Crippen LogP) is 6.25. The van der Waals surface area contributed by atoms with E-state index in [4.69, 9.17) is 28.7 Å². The van der Waals surface area contributed by atoms with Crippen molar-refractivity contribution in [2.75, 3.05) is 59.2 Å². The number of pyridine rings is 1. The first-order chi connectivity index (χ1) is 30.0. The van der Waals surface area contributed by atoms with Crippen LogP contribution in [0.15, 0.2) is 18.2 Å². The van der Waals surface area contributed by atoms with Gasteiger partial charge < -0.3 is 28.8 Å². The van der Waals surface area contributed by atoms with Gasteiger partial charge >= 0.3 is 35.8 Å². The normalized spacial score (nSPS) is 15.6. The van der Waals surface area contributed by atoms with Crippen molar-refractivity contribution in [3.8, 4) is 0 Å².